The Balaban J connectivity index is 1.90. The minimum Gasteiger partial charge on any atom is -0.384 e. The van der Waals surface area contributed by atoms with Crippen molar-refractivity contribution in [3.05, 3.63) is 64.7 Å². The van der Waals surface area contributed by atoms with E-state index in [0.717, 1.165) is 23.7 Å². The normalized spacial score (nSPS) is 12.4. The van der Waals surface area contributed by atoms with Crippen molar-refractivity contribution < 1.29 is 0 Å². The van der Waals surface area contributed by atoms with Crippen LogP contribution in [0.25, 0.3) is 0 Å². The van der Waals surface area contributed by atoms with Gasteiger partial charge in [-0.2, -0.15) is 0 Å². The molecular weight excluding hydrogens is 278 g/mol. The first-order valence-corrected chi connectivity index (χ1v) is 8.00. The van der Waals surface area contributed by atoms with Gasteiger partial charge < -0.3 is 5.32 Å². The summed E-state index contributed by atoms with van der Waals surface area (Å²) in [5, 5.41) is 4.23. The van der Waals surface area contributed by atoms with Crippen LogP contribution < -0.4 is 5.32 Å². The van der Waals surface area contributed by atoms with Crippen LogP contribution in [-0.4, -0.2) is 6.54 Å². The monoisotopic (exact) mass is 301 g/mol. The minimum absolute atomic E-state index is 0.480. The Morgan fingerprint density at radius 1 is 0.905 bits per heavy atom. The van der Waals surface area contributed by atoms with Gasteiger partial charge in [-0.3, -0.25) is 0 Å². The molecule has 2 rings (SSSR count). The van der Waals surface area contributed by atoms with Gasteiger partial charge in [0.2, 0.25) is 0 Å². The molecule has 0 saturated carbocycles. The Labute approximate surface area is 133 Å². The number of hydrogen-bond donors (Lipinski definition) is 1. The van der Waals surface area contributed by atoms with E-state index >= 15 is 0 Å². The van der Waals surface area contributed by atoms with E-state index < -0.39 is 0 Å². The fourth-order valence-electron chi connectivity index (χ4n) is 2.41. The summed E-state index contributed by atoms with van der Waals surface area (Å²) in [6, 6.07) is 16.9. The molecule has 0 amide bonds. The SMILES string of the molecule is CC(C)Cc1ccc(C(C)CNc2ccc(Cl)cc2)cc1. The van der Waals surface area contributed by atoms with Crippen molar-refractivity contribution in [1.29, 1.82) is 0 Å². The van der Waals surface area contributed by atoms with E-state index in [0.29, 0.717) is 11.8 Å². The maximum atomic E-state index is 5.89. The Morgan fingerprint density at radius 3 is 2.10 bits per heavy atom. The molecule has 0 saturated heterocycles. The quantitative estimate of drug-likeness (QED) is 0.716. The molecule has 0 bridgehead atoms. The van der Waals surface area contributed by atoms with Gasteiger partial charge in [0.15, 0.2) is 0 Å². The van der Waals surface area contributed by atoms with Crippen molar-refractivity contribution >= 4 is 17.3 Å². The van der Waals surface area contributed by atoms with Crippen LogP contribution in [0.15, 0.2) is 48.5 Å². The number of benzene rings is 2. The van der Waals surface area contributed by atoms with E-state index in [9.17, 15) is 0 Å². The van der Waals surface area contributed by atoms with Crippen LogP contribution in [0.4, 0.5) is 5.69 Å². The van der Waals surface area contributed by atoms with Gasteiger partial charge in [-0.1, -0.05) is 56.6 Å². The fraction of sp³-hybridized carbons (Fsp3) is 0.368. The van der Waals surface area contributed by atoms with Gasteiger partial charge in [-0.25, -0.2) is 0 Å². The molecule has 0 aliphatic rings. The summed E-state index contributed by atoms with van der Waals surface area (Å²) < 4.78 is 0. The molecule has 1 nitrogen and oxygen atoms in total. The zero-order chi connectivity index (χ0) is 15.2. The number of rotatable bonds is 6. The molecule has 0 radical (unpaired) electrons. The van der Waals surface area contributed by atoms with Gasteiger partial charge in [0.1, 0.15) is 0 Å². The molecular formula is C19H24ClN. The topological polar surface area (TPSA) is 12.0 Å². The molecule has 0 spiro atoms. The number of halogens is 1. The predicted octanol–water partition coefficient (Wildman–Crippen LogP) is 5.75. The molecule has 0 fully saturated rings. The first kappa shape index (κ1) is 15.9. The number of anilines is 1. The first-order valence-electron chi connectivity index (χ1n) is 7.63. The molecule has 0 aliphatic heterocycles. The second-order valence-corrected chi connectivity index (χ2v) is 6.56. The van der Waals surface area contributed by atoms with E-state index in [1.54, 1.807) is 0 Å². The summed E-state index contributed by atoms with van der Waals surface area (Å²) in [6.07, 6.45) is 1.15. The number of nitrogens with one attached hydrogen (secondary N) is 1. The third-order valence-electron chi connectivity index (χ3n) is 3.65. The average Bonchev–Trinajstić information content (AvgIpc) is 2.46. The molecule has 2 heteroatoms. The Bertz CT molecular complexity index is 543. The number of hydrogen-bond acceptors (Lipinski definition) is 1. The summed E-state index contributed by atoms with van der Waals surface area (Å²) in [7, 11) is 0. The van der Waals surface area contributed by atoms with E-state index in [1.807, 2.05) is 24.3 Å². The van der Waals surface area contributed by atoms with Crippen LogP contribution in [0.2, 0.25) is 5.02 Å². The van der Waals surface area contributed by atoms with Crippen LogP contribution in [0.1, 0.15) is 37.8 Å². The van der Waals surface area contributed by atoms with Crippen LogP contribution in [-0.2, 0) is 6.42 Å². The average molecular weight is 302 g/mol. The van der Waals surface area contributed by atoms with Crippen molar-refractivity contribution in [2.75, 3.05) is 11.9 Å². The summed E-state index contributed by atoms with van der Waals surface area (Å²) in [6.45, 7) is 7.69. The van der Waals surface area contributed by atoms with Gasteiger partial charge in [0.25, 0.3) is 0 Å². The molecule has 112 valence electrons. The predicted molar refractivity (Wildman–Crippen MR) is 93.3 cm³/mol. The van der Waals surface area contributed by atoms with Crippen molar-refractivity contribution in [1.82, 2.24) is 0 Å². The van der Waals surface area contributed by atoms with Gasteiger partial charge in [-0.15, -0.1) is 0 Å². The van der Waals surface area contributed by atoms with Crippen molar-refractivity contribution in [3.63, 3.8) is 0 Å². The molecule has 1 unspecified atom stereocenters. The fourth-order valence-corrected chi connectivity index (χ4v) is 2.54. The van der Waals surface area contributed by atoms with Crippen molar-refractivity contribution in [2.45, 2.75) is 33.1 Å². The molecule has 0 aromatic heterocycles. The molecule has 0 aliphatic carbocycles. The lowest BCUT2D eigenvalue weighted by atomic mass is 9.97. The van der Waals surface area contributed by atoms with Gasteiger partial charge in [-0.05, 0) is 53.6 Å². The summed E-state index contributed by atoms with van der Waals surface area (Å²) in [5.41, 5.74) is 3.92. The summed E-state index contributed by atoms with van der Waals surface area (Å²) >= 11 is 5.89. The van der Waals surface area contributed by atoms with Gasteiger partial charge >= 0.3 is 0 Å². The Morgan fingerprint density at radius 2 is 1.52 bits per heavy atom. The zero-order valence-electron chi connectivity index (χ0n) is 13.1. The molecule has 0 heterocycles. The lowest BCUT2D eigenvalue weighted by molar-refractivity contribution is 0.647. The molecule has 21 heavy (non-hydrogen) atoms. The van der Waals surface area contributed by atoms with Crippen LogP contribution in [0.3, 0.4) is 0 Å². The maximum absolute atomic E-state index is 5.89. The van der Waals surface area contributed by atoms with Crippen LogP contribution in [0, 0.1) is 5.92 Å². The second kappa shape index (κ2) is 7.51. The van der Waals surface area contributed by atoms with E-state index in [1.165, 1.54) is 11.1 Å². The lowest BCUT2D eigenvalue weighted by Gasteiger charge is -2.15. The molecule has 1 atom stereocenters. The van der Waals surface area contributed by atoms with E-state index in [4.69, 9.17) is 11.6 Å². The van der Waals surface area contributed by atoms with E-state index in [-0.39, 0.29) is 0 Å². The highest BCUT2D eigenvalue weighted by molar-refractivity contribution is 6.30. The zero-order valence-corrected chi connectivity index (χ0v) is 13.8. The molecule has 1 N–H and O–H groups in total. The van der Waals surface area contributed by atoms with E-state index in [2.05, 4.69) is 50.4 Å². The second-order valence-electron chi connectivity index (χ2n) is 6.13. The maximum Gasteiger partial charge on any atom is 0.0407 e. The van der Waals surface area contributed by atoms with Crippen molar-refractivity contribution in [3.8, 4) is 0 Å². The van der Waals surface area contributed by atoms with Gasteiger partial charge in [0.05, 0.1) is 0 Å². The standard InChI is InChI=1S/C19H24ClN/c1-14(2)12-16-4-6-17(7-5-16)15(3)13-21-19-10-8-18(20)9-11-19/h4-11,14-15,21H,12-13H2,1-3H3. The summed E-state index contributed by atoms with van der Waals surface area (Å²) in [5.74, 6) is 1.19. The highest BCUT2D eigenvalue weighted by Gasteiger charge is 2.06. The van der Waals surface area contributed by atoms with Crippen LogP contribution >= 0.6 is 11.6 Å². The highest BCUT2D eigenvalue weighted by atomic mass is 35.5. The van der Waals surface area contributed by atoms with Crippen LogP contribution in [0.5, 0.6) is 0 Å². The minimum atomic E-state index is 0.480. The first-order chi connectivity index (χ1) is 10.0. The Hall–Kier alpha value is -1.47. The van der Waals surface area contributed by atoms with Crippen molar-refractivity contribution in [2.24, 2.45) is 5.92 Å². The molecule has 2 aromatic carbocycles. The molecule has 2 aromatic rings. The largest absolute Gasteiger partial charge is 0.384 e. The summed E-state index contributed by atoms with van der Waals surface area (Å²) in [4.78, 5) is 0. The van der Waals surface area contributed by atoms with Gasteiger partial charge in [0, 0.05) is 17.3 Å². The third-order valence-corrected chi connectivity index (χ3v) is 3.90. The highest BCUT2D eigenvalue weighted by Crippen LogP contribution is 2.19. The smallest absolute Gasteiger partial charge is 0.0407 e. The third kappa shape index (κ3) is 5.09. The Kier molecular flexibility index (Phi) is 5.69. The lowest BCUT2D eigenvalue weighted by Crippen LogP contribution is -2.09.